The first-order chi connectivity index (χ1) is 12.7. The third-order valence-electron chi connectivity index (χ3n) is 6.54. The van der Waals surface area contributed by atoms with Gasteiger partial charge in [0.2, 0.25) is 0 Å². The first-order valence-corrected chi connectivity index (χ1v) is 10.8. The summed E-state index contributed by atoms with van der Waals surface area (Å²) in [5.74, 6) is 0.595. The fourth-order valence-corrected chi connectivity index (χ4v) is 5.92. The molecule has 2 aromatic rings. The van der Waals surface area contributed by atoms with Gasteiger partial charge in [0.1, 0.15) is 0 Å². The molecule has 0 radical (unpaired) electrons. The summed E-state index contributed by atoms with van der Waals surface area (Å²) in [7, 11) is 0. The van der Waals surface area contributed by atoms with Crippen LogP contribution in [0.5, 0.6) is 0 Å². The van der Waals surface area contributed by atoms with Gasteiger partial charge in [0.15, 0.2) is 0 Å². The average Bonchev–Trinajstić information content (AvgIpc) is 3.21. The molecule has 0 heterocycles. The molecule has 5 rings (SSSR count). The molecule has 1 heteroatoms. The molecule has 0 aromatic heterocycles. The Morgan fingerprint density at radius 3 is 2.77 bits per heavy atom. The molecule has 1 atom stereocenters. The van der Waals surface area contributed by atoms with E-state index in [9.17, 15) is 0 Å². The van der Waals surface area contributed by atoms with Crippen molar-refractivity contribution in [2.75, 3.05) is 0 Å². The smallest absolute Gasteiger partial charge is 0.0285 e. The van der Waals surface area contributed by atoms with Crippen LogP contribution in [0.25, 0.3) is 12.2 Å². The highest BCUT2D eigenvalue weighted by Gasteiger charge is 2.28. The maximum atomic E-state index is 3.95. The average molecular weight is 405 g/mol. The normalized spacial score (nSPS) is 20.3. The summed E-state index contributed by atoms with van der Waals surface area (Å²) >= 11 is 3.95. The van der Waals surface area contributed by atoms with Gasteiger partial charge in [-0.2, -0.15) is 0 Å². The molecule has 0 spiro atoms. The molecule has 0 bridgehead atoms. The van der Waals surface area contributed by atoms with Crippen molar-refractivity contribution in [3.05, 3.63) is 79.3 Å². The number of halogens is 1. The summed E-state index contributed by atoms with van der Waals surface area (Å²) < 4.78 is 1.39. The van der Waals surface area contributed by atoms with Crippen molar-refractivity contribution >= 4 is 28.1 Å². The zero-order valence-corrected chi connectivity index (χ0v) is 17.0. The number of hydrogen-bond donors (Lipinski definition) is 0. The van der Waals surface area contributed by atoms with Gasteiger partial charge in [-0.25, -0.2) is 0 Å². The number of rotatable bonds is 3. The molecule has 26 heavy (non-hydrogen) atoms. The monoisotopic (exact) mass is 404 g/mol. The maximum absolute atomic E-state index is 3.95. The summed E-state index contributed by atoms with van der Waals surface area (Å²) in [6.45, 7) is 2.33. The zero-order chi connectivity index (χ0) is 17.7. The van der Waals surface area contributed by atoms with Crippen molar-refractivity contribution in [3.63, 3.8) is 0 Å². The van der Waals surface area contributed by atoms with E-state index in [0.29, 0.717) is 5.92 Å². The lowest BCUT2D eigenvalue weighted by Gasteiger charge is -2.22. The molecule has 3 aliphatic carbocycles. The molecule has 0 fully saturated rings. The summed E-state index contributed by atoms with van der Waals surface area (Å²) in [6.07, 6.45) is 13.6. The molecule has 0 saturated carbocycles. The summed E-state index contributed by atoms with van der Waals surface area (Å²) in [5, 5.41) is 0. The SMILES string of the molecule is CC1=Cc2c(cc3c(c2Br)CCCC3)C1CCC1=Cc2ccccc2C1. The topological polar surface area (TPSA) is 0 Å². The van der Waals surface area contributed by atoms with Crippen molar-refractivity contribution in [1.82, 2.24) is 0 Å². The van der Waals surface area contributed by atoms with Gasteiger partial charge in [0.25, 0.3) is 0 Å². The van der Waals surface area contributed by atoms with Crippen LogP contribution in [0.15, 0.2) is 46.0 Å². The number of allylic oxidation sites excluding steroid dienone is 2. The molecule has 0 aliphatic heterocycles. The van der Waals surface area contributed by atoms with Crippen LogP contribution < -0.4 is 0 Å². The van der Waals surface area contributed by atoms with E-state index in [0.717, 1.165) is 6.42 Å². The zero-order valence-electron chi connectivity index (χ0n) is 15.4. The van der Waals surface area contributed by atoms with Crippen molar-refractivity contribution in [1.29, 1.82) is 0 Å². The van der Waals surface area contributed by atoms with E-state index in [1.54, 1.807) is 27.8 Å². The van der Waals surface area contributed by atoms with E-state index in [-0.39, 0.29) is 0 Å². The number of fused-ring (bicyclic) bond motifs is 3. The van der Waals surface area contributed by atoms with Gasteiger partial charge < -0.3 is 0 Å². The predicted molar refractivity (Wildman–Crippen MR) is 115 cm³/mol. The minimum Gasteiger partial charge on any atom is -0.0652 e. The quantitative estimate of drug-likeness (QED) is 0.505. The Hall–Kier alpha value is -1.60. The summed E-state index contributed by atoms with van der Waals surface area (Å²) in [5.41, 5.74) is 12.3. The highest BCUT2D eigenvalue weighted by Crippen LogP contribution is 2.46. The molecule has 2 aromatic carbocycles. The second kappa shape index (κ2) is 6.53. The van der Waals surface area contributed by atoms with Gasteiger partial charge in [-0.1, -0.05) is 53.6 Å². The summed E-state index contributed by atoms with van der Waals surface area (Å²) in [6, 6.07) is 11.4. The van der Waals surface area contributed by atoms with Gasteiger partial charge in [-0.3, -0.25) is 0 Å². The summed E-state index contributed by atoms with van der Waals surface area (Å²) in [4.78, 5) is 0. The Bertz CT molecular complexity index is 945. The van der Waals surface area contributed by atoms with Crippen LogP contribution in [0.1, 0.15) is 71.9 Å². The fraction of sp³-hybridized carbons (Fsp3) is 0.360. The molecule has 0 amide bonds. The molecule has 1 unspecified atom stereocenters. The van der Waals surface area contributed by atoms with Gasteiger partial charge in [-0.05, 0) is 101 Å². The molecule has 0 nitrogen and oxygen atoms in total. The Balaban J connectivity index is 1.39. The highest BCUT2D eigenvalue weighted by molar-refractivity contribution is 9.10. The van der Waals surface area contributed by atoms with Crippen LogP contribution in [0.4, 0.5) is 0 Å². The van der Waals surface area contributed by atoms with Crippen LogP contribution in [0.3, 0.4) is 0 Å². The number of benzene rings is 2. The first-order valence-electron chi connectivity index (χ1n) is 10.0. The molecule has 0 N–H and O–H groups in total. The predicted octanol–water partition coefficient (Wildman–Crippen LogP) is 7.25. The lowest BCUT2D eigenvalue weighted by molar-refractivity contribution is 0.673. The van der Waals surface area contributed by atoms with Crippen molar-refractivity contribution in [3.8, 4) is 0 Å². The van der Waals surface area contributed by atoms with Crippen molar-refractivity contribution < 1.29 is 0 Å². The van der Waals surface area contributed by atoms with Gasteiger partial charge in [0.05, 0.1) is 0 Å². The van der Waals surface area contributed by atoms with E-state index in [4.69, 9.17) is 0 Å². The number of hydrogen-bond acceptors (Lipinski definition) is 0. The lowest BCUT2D eigenvalue weighted by atomic mass is 9.84. The second-order valence-corrected chi connectivity index (χ2v) is 8.99. The molecule has 0 saturated heterocycles. The van der Waals surface area contributed by atoms with Gasteiger partial charge >= 0.3 is 0 Å². The van der Waals surface area contributed by atoms with Crippen LogP contribution in [0.2, 0.25) is 0 Å². The third kappa shape index (κ3) is 2.72. The minimum absolute atomic E-state index is 0.595. The van der Waals surface area contributed by atoms with E-state index in [1.165, 1.54) is 59.7 Å². The fourth-order valence-electron chi connectivity index (χ4n) is 5.13. The van der Waals surface area contributed by atoms with E-state index < -0.39 is 0 Å². The maximum Gasteiger partial charge on any atom is 0.0285 e. The second-order valence-electron chi connectivity index (χ2n) is 8.20. The first kappa shape index (κ1) is 16.6. The molecular weight excluding hydrogens is 380 g/mol. The van der Waals surface area contributed by atoms with E-state index in [2.05, 4.69) is 65.3 Å². The van der Waals surface area contributed by atoms with Crippen molar-refractivity contribution in [2.45, 2.75) is 57.8 Å². The molecule has 3 aliphatic rings. The largest absolute Gasteiger partial charge is 0.0652 e. The Labute approximate surface area is 165 Å². The Morgan fingerprint density at radius 1 is 1.04 bits per heavy atom. The molecular formula is C25H25Br. The standard InChI is InChI=1S/C25H25Br/c1-16-12-24-23(15-20-8-4-5-9-22(20)25(24)26)21(16)11-10-17-13-18-6-2-3-7-19(18)14-17/h2-3,6-7,12-13,15,21H,4-5,8-11,14H2,1H3. The van der Waals surface area contributed by atoms with Gasteiger partial charge in [0, 0.05) is 10.4 Å². The Morgan fingerprint density at radius 2 is 1.88 bits per heavy atom. The van der Waals surface area contributed by atoms with E-state index >= 15 is 0 Å². The molecule has 132 valence electrons. The van der Waals surface area contributed by atoms with Crippen LogP contribution in [0, 0.1) is 0 Å². The third-order valence-corrected chi connectivity index (χ3v) is 7.44. The van der Waals surface area contributed by atoms with Crippen LogP contribution in [-0.2, 0) is 19.3 Å². The van der Waals surface area contributed by atoms with Gasteiger partial charge in [-0.15, -0.1) is 0 Å². The number of aryl methyl sites for hydroxylation is 1. The lowest BCUT2D eigenvalue weighted by Crippen LogP contribution is -2.07. The van der Waals surface area contributed by atoms with Crippen molar-refractivity contribution in [2.24, 2.45) is 0 Å². The highest BCUT2D eigenvalue weighted by atomic mass is 79.9. The van der Waals surface area contributed by atoms with Crippen LogP contribution >= 0.6 is 15.9 Å². The Kier molecular flexibility index (Phi) is 4.16. The van der Waals surface area contributed by atoms with Crippen LogP contribution in [-0.4, -0.2) is 0 Å². The minimum atomic E-state index is 0.595. The van der Waals surface area contributed by atoms with E-state index in [1.807, 2.05) is 0 Å².